The number of hydrogen-bond donors (Lipinski definition) is 0. The van der Waals surface area contributed by atoms with Crippen LogP contribution in [0.5, 0.6) is 0 Å². The monoisotopic (exact) mass is 490 g/mol. The Balaban J connectivity index is 1.45. The molecule has 0 radical (unpaired) electrons. The van der Waals surface area contributed by atoms with Gasteiger partial charge < -0.3 is 4.42 Å². The summed E-state index contributed by atoms with van der Waals surface area (Å²) in [5.74, 6) is 0. The van der Waals surface area contributed by atoms with E-state index < -0.39 is 0 Å². The van der Waals surface area contributed by atoms with Crippen molar-refractivity contribution in [3.05, 3.63) is 109 Å². The lowest BCUT2D eigenvalue weighted by molar-refractivity contribution is 0.574. The summed E-state index contributed by atoms with van der Waals surface area (Å²) in [4.78, 5) is 5.17. The van der Waals surface area contributed by atoms with Gasteiger partial charge in [-0.25, -0.2) is 0 Å². The highest BCUT2D eigenvalue weighted by Crippen LogP contribution is 2.41. The Morgan fingerprint density at radius 1 is 0.568 bits per heavy atom. The van der Waals surface area contributed by atoms with Gasteiger partial charge in [-0.2, -0.15) is 4.98 Å². The van der Waals surface area contributed by atoms with Crippen molar-refractivity contribution in [2.24, 2.45) is 0 Å². The van der Waals surface area contributed by atoms with Gasteiger partial charge in [-0.1, -0.05) is 66.7 Å². The molecule has 0 N–H and O–H groups in total. The fourth-order valence-electron chi connectivity index (χ4n) is 5.88. The molecule has 0 aliphatic carbocycles. The molecule has 4 heteroatoms. The number of benzene rings is 6. The van der Waals surface area contributed by atoms with E-state index in [2.05, 4.69) is 114 Å². The highest BCUT2D eigenvalue weighted by molar-refractivity contribution is 7.26. The van der Waals surface area contributed by atoms with Crippen molar-refractivity contribution in [1.29, 1.82) is 0 Å². The van der Waals surface area contributed by atoms with E-state index in [1.807, 2.05) is 0 Å². The van der Waals surface area contributed by atoms with Crippen LogP contribution in [0, 0.1) is 0 Å². The van der Waals surface area contributed by atoms with Gasteiger partial charge in [0.05, 0.1) is 11.0 Å². The Kier molecular flexibility index (Phi) is 3.67. The first-order valence-corrected chi connectivity index (χ1v) is 13.2. The van der Waals surface area contributed by atoms with Crippen LogP contribution in [0.3, 0.4) is 0 Å². The second-order valence-electron chi connectivity index (χ2n) is 9.65. The number of hydrogen-bond acceptors (Lipinski definition) is 3. The van der Waals surface area contributed by atoms with Crippen LogP contribution in [0.2, 0.25) is 0 Å². The molecule has 6 aromatic carbocycles. The first-order valence-electron chi connectivity index (χ1n) is 12.4. The molecular formula is C33H18N2OS. The van der Waals surface area contributed by atoms with Gasteiger partial charge in [0, 0.05) is 30.9 Å². The lowest BCUT2D eigenvalue weighted by atomic mass is 10.0. The zero-order valence-corrected chi connectivity index (χ0v) is 20.4. The number of rotatable bonds is 1. The second kappa shape index (κ2) is 6.96. The third-order valence-electron chi connectivity index (χ3n) is 7.58. The Bertz CT molecular complexity index is 2280. The second-order valence-corrected chi connectivity index (χ2v) is 10.7. The molecule has 3 aromatic heterocycles. The van der Waals surface area contributed by atoms with Gasteiger partial charge in [-0.3, -0.25) is 4.57 Å². The topological polar surface area (TPSA) is 31.0 Å². The molecule has 0 amide bonds. The van der Waals surface area contributed by atoms with E-state index in [1.165, 1.54) is 52.5 Å². The maximum atomic E-state index is 6.54. The molecule has 0 aliphatic heterocycles. The van der Waals surface area contributed by atoms with Gasteiger partial charge in [0.1, 0.15) is 5.52 Å². The molecule has 0 unspecified atom stereocenters. The molecule has 0 aliphatic rings. The average Bonchev–Trinajstić information content (AvgIpc) is 3.61. The van der Waals surface area contributed by atoms with Gasteiger partial charge >= 0.3 is 6.01 Å². The number of aromatic nitrogens is 2. The van der Waals surface area contributed by atoms with Crippen LogP contribution in [0.15, 0.2) is 114 Å². The number of oxazole rings is 1. The Hall–Kier alpha value is -4.67. The van der Waals surface area contributed by atoms with Gasteiger partial charge in [-0.15, -0.1) is 11.3 Å². The standard InChI is InChI=1S/C33H18N2OS/c1-3-9-21-17-26-24(15-19(21)7-1)25-16-20-8-2-4-10-22(20)18-27(25)35(26)33-34-32-28(36-33)13-14-30-31(32)23-11-5-6-12-29(23)37-30/h1-18H. The number of fused-ring (bicyclic) bond motifs is 10. The predicted octanol–water partition coefficient (Wildman–Crippen LogP) is 9.60. The zero-order valence-electron chi connectivity index (χ0n) is 19.6. The van der Waals surface area contributed by atoms with Crippen molar-refractivity contribution in [2.45, 2.75) is 0 Å². The molecule has 0 fully saturated rings. The molecule has 0 spiro atoms. The number of thiophene rings is 1. The minimum atomic E-state index is 0.600. The molecule has 172 valence electrons. The zero-order chi connectivity index (χ0) is 24.1. The van der Waals surface area contributed by atoms with Crippen LogP contribution in [-0.2, 0) is 0 Å². The highest BCUT2D eigenvalue weighted by atomic mass is 32.1. The lowest BCUT2D eigenvalue weighted by Crippen LogP contribution is -1.94. The molecule has 9 rings (SSSR count). The summed E-state index contributed by atoms with van der Waals surface area (Å²) in [5.41, 5.74) is 3.92. The summed E-state index contributed by atoms with van der Waals surface area (Å²) in [6.45, 7) is 0. The van der Waals surface area contributed by atoms with E-state index in [0.717, 1.165) is 22.1 Å². The van der Waals surface area contributed by atoms with Crippen LogP contribution in [0.25, 0.3) is 80.6 Å². The van der Waals surface area contributed by atoms with Crippen LogP contribution < -0.4 is 0 Å². The molecule has 37 heavy (non-hydrogen) atoms. The summed E-state index contributed by atoms with van der Waals surface area (Å²) in [5, 5.41) is 9.66. The van der Waals surface area contributed by atoms with E-state index >= 15 is 0 Å². The van der Waals surface area contributed by atoms with Crippen molar-refractivity contribution >= 4 is 86.0 Å². The summed E-state index contributed by atoms with van der Waals surface area (Å²) < 4.78 is 11.2. The maximum Gasteiger partial charge on any atom is 0.307 e. The van der Waals surface area contributed by atoms with Crippen LogP contribution in [0.4, 0.5) is 0 Å². The van der Waals surface area contributed by atoms with Crippen LogP contribution in [0.1, 0.15) is 0 Å². The third-order valence-corrected chi connectivity index (χ3v) is 8.72. The first kappa shape index (κ1) is 19.5. The van der Waals surface area contributed by atoms with Crippen molar-refractivity contribution in [2.75, 3.05) is 0 Å². The average molecular weight is 491 g/mol. The molecule has 9 aromatic rings. The first-order chi connectivity index (χ1) is 18.3. The van der Waals surface area contributed by atoms with E-state index in [9.17, 15) is 0 Å². The van der Waals surface area contributed by atoms with E-state index in [0.29, 0.717) is 6.01 Å². The minimum Gasteiger partial charge on any atom is -0.423 e. The summed E-state index contributed by atoms with van der Waals surface area (Å²) in [6, 6.07) is 39.5. The molecule has 3 heterocycles. The van der Waals surface area contributed by atoms with Crippen molar-refractivity contribution in [1.82, 2.24) is 9.55 Å². The molecule has 0 atom stereocenters. The molecule has 0 saturated carbocycles. The Morgan fingerprint density at radius 3 is 1.84 bits per heavy atom. The quantitative estimate of drug-likeness (QED) is 0.229. The Morgan fingerprint density at radius 2 is 1.16 bits per heavy atom. The smallest absolute Gasteiger partial charge is 0.307 e. The van der Waals surface area contributed by atoms with E-state index in [4.69, 9.17) is 9.40 Å². The minimum absolute atomic E-state index is 0.600. The van der Waals surface area contributed by atoms with Crippen molar-refractivity contribution < 1.29 is 4.42 Å². The fraction of sp³-hybridized carbons (Fsp3) is 0. The largest absolute Gasteiger partial charge is 0.423 e. The predicted molar refractivity (Wildman–Crippen MR) is 156 cm³/mol. The van der Waals surface area contributed by atoms with Crippen molar-refractivity contribution in [3.8, 4) is 6.01 Å². The molecule has 0 bridgehead atoms. The van der Waals surface area contributed by atoms with Gasteiger partial charge in [-0.05, 0) is 64.0 Å². The number of nitrogens with zero attached hydrogens (tertiary/aromatic N) is 2. The van der Waals surface area contributed by atoms with Crippen LogP contribution >= 0.6 is 11.3 Å². The molecule has 0 saturated heterocycles. The third kappa shape index (κ3) is 2.62. The summed E-state index contributed by atoms with van der Waals surface area (Å²) in [6.07, 6.45) is 0. The molecular weight excluding hydrogens is 472 g/mol. The van der Waals surface area contributed by atoms with Crippen LogP contribution in [-0.4, -0.2) is 9.55 Å². The van der Waals surface area contributed by atoms with Gasteiger partial charge in [0.15, 0.2) is 5.58 Å². The fourth-order valence-corrected chi connectivity index (χ4v) is 6.99. The van der Waals surface area contributed by atoms with Gasteiger partial charge in [0.2, 0.25) is 0 Å². The normalized spacial score (nSPS) is 12.3. The van der Waals surface area contributed by atoms with E-state index in [1.54, 1.807) is 11.3 Å². The molecule has 3 nitrogen and oxygen atoms in total. The van der Waals surface area contributed by atoms with Gasteiger partial charge in [0.25, 0.3) is 0 Å². The summed E-state index contributed by atoms with van der Waals surface area (Å²) >= 11 is 1.80. The Labute approximate surface area is 214 Å². The van der Waals surface area contributed by atoms with Crippen molar-refractivity contribution in [3.63, 3.8) is 0 Å². The summed E-state index contributed by atoms with van der Waals surface area (Å²) in [7, 11) is 0. The maximum absolute atomic E-state index is 6.54. The van der Waals surface area contributed by atoms with E-state index in [-0.39, 0.29) is 0 Å². The lowest BCUT2D eigenvalue weighted by Gasteiger charge is -2.04. The highest BCUT2D eigenvalue weighted by Gasteiger charge is 2.20. The SMILES string of the molecule is c1ccc2cc3c(cc2c1)c1cc2ccccc2cc1n3-c1nc2c(ccc3sc4ccccc4c32)o1.